The Morgan fingerprint density at radius 3 is 1.60 bits per heavy atom. The molecule has 0 saturated heterocycles. The van der Waals surface area contributed by atoms with Gasteiger partial charge in [-0.05, 0) is 108 Å². The molecule has 2 aromatic rings. The number of carbonyl (C=O) groups is 12. The fraction of sp³-hybridized carbons (Fsp3) is 0.593. The highest BCUT2D eigenvalue weighted by molar-refractivity contribution is 5.96. The lowest BCUT2D eigenvalue weighted by Gasteiger charge is -2.29. The van der Waals surface area contributed by atoms with Gasteiger partial charge in [0.25, 0.3) is 0 Å². The maximum atomic E-state index is 14.2. The molecular weight excluding hydrogens is 1100 g/mol. The van der Waals surface area contributed by atoms with Crippen LogP contribution in [0.25, 0.3) is 11.1 Å². The number of hydrogen-bond acceptors (Lipinski definition) is 16. The molecule has 1 aliphatic carbocycles. The fourth-order valence-electron chi connectivity index (χ4n) is 8.64. The van der Waals surface area contributed by atoms with Gasteiger partial charge in [-0.15, -0.1) is 0 Å². The number of primary amides is 1. The molecule has 2 aromatic carbocycles. The second-order valence-electron chi connectivity index (χ2n) is 23.7. The van der Waals surface area contributed by atoms with E-state index in [2.05, 4.69) is 47.9 Å². The van der Waals surface area contributed by atoms with Gasteiger partial charge in [0.2, 0.25) is 47.3 Å². The van der Waals surface area contributed by atoms with Crippen molar-refractivity contribution in [1.82, 2.24) is 47.9 Å². The summed E-state index contributed by atoms with van der Waals surface area (Å²) in [6.45, 7) is 19.8. The van der Waals surface area contributed by atoms with Gasteiger partial charge in [0.1, 0.15) is 60.7 Å². The molecule has 85 heavy (non-hydrogen) atoms. The van der Waals surface area contributed by atoms with Crippen LogP contribution in [0.5, 0.6) is 0 Å². The van der Waals surface area contributed by atoms with E-state index in [1.165, 1.54) is 6.92 Å². The molecule has 0 spiro atoms. The Morgan fingerprint density at radius 2 is 1.05 bits per heavy atom. The van der Waals surface area contributed by atoms with E-state index in [1.54, 1.807) is 69.2 Å². The van der Waals surface area contributed by atoms with Crippen LogP contribution in [-0.2, 0) is 66.9 Å². The van der Waals surface area contributed by atoms with Crippen LogP contribution in [0.4, 0.5) is 9.59 Å². The highest BCUT2D eigenvalue weighted by Gasteiger charge is 2.36. The summed E-state index contributed by atoms with van der Waals surface area (Å²) in [6.07, 6.45) is -3.11. The van der Waals surface area contributed by atoms with Crippen LogP contribution < -0.4 is 53.6 Å². The number of nitrogens with two attached hydrogens (primary N) is 1. The third kappa shape index (κ3) is 25.2. The largest absolute Gasteiger partial charge is 0.465 e. The average molecular weight is 1190 g/mol. The number of esters is 2. The molecule has 0 heterocycles. The lowest BCUT2D eigenvalue weighted by molar-refractivity contribution is -0.159. The van der Waals surface area contributed by atoms with Gasteiger partial charge in [-0.25, -0.2) is 14.4 Å². The van der Waals surface area contributed by atoms with Crippen molar-refractivity contribution in [2.24, 2.45) is 23.5 Å². The Hall–Kier alpha value is -8.32. The first-order valence-electron chi connectivity index (χ1n) is 28.5. The molecular formula is C59H88N10O16. The number of benzene rings is 2. The summed E-state index contributed by atoms with van der Waals surface area (Å²) >= 11 is 0. The predicted octanol–water partition coefficient (Wildman–Crippen LogP) is 2.38. The van der Waals surface area contributed by atoms with Gasteiger partial charge in [0.15, 0.2) is 0 Å². The van der Waals surface area contributed by atoms with Crippen LogP contribution >= 0.6 is 0 Å². The molecule has 0 aromatic heterocycles. The summed E-state index contributed by atoms with van der Waals surface area (Å²) in [6, 6.07) is 8.00. The van der Waals surface area contributed by atoms with Crippen molar-refractivity contribution in [3.8, 4) is 11.1 Å². The number of amides is 10. The van der Waals surface area contributed by atoms with E-state index in [9.17, 15) is 57.5 Å². The first kappa shape index (κ1) is 70.9. The zero-order chi connectivity index (χ0) is 63.9. The smallest absolute Gasteiger partial charge is 0.408 e. The molecule has 0 unspecified atom stereocenters. The number of carbonyl (C=O) groups excluding carboxylic acids is 12. The van der Waals surface area contributed by atoms with E-state index in [-0.39, 0.29) is 50.7 Å². The Kier molecular flexibility index (Phi) is 27.7. The third-order valence-corrected chi connectivity index (χ3v) is 12.8. The minimum Gasteiger partial charge on any atom is -0.465 e. The van der Waals surface area contributed by atoms with Crippen LogP contribution in [0.3, 0.4) is 0 Å². The Balaban J connectivity index is 1.69. The molecule has 26 heteroatoms. The Labute approximate surface area is 496 Å². The van der Waals surface area contributed by atoms with Gasteiger partial charge in [-0.3, -0.25) is 43.2 Å². The topological polar surface area (TPSA) is 376 Å². The Morgan fingerprint density at radius 1 is 0.518 bits per heavy atom. The molecule has 1 aliphatic rings. The number of fused-ring (bicyclic) bond motifs is 3. The second kappa shape index (κ2) is 33.2. The summed E-state index contributed by atoms with van der Waals surface area (Å²) in [5, 5.41) is 22.5. The van der Waals surface area contributed by atoms with Crippen molar-refractivity contribution in [2.75, 3.05) is 32.8 Å². The fourth-order valence-corrected chi connectivity index (χ4v) is 8.64. The van der Waals surface area contributed by atoms with Gasteiger partial charge in [-0.2, -0.15) is 0 Å². The van der Waals surface area contributed by atoms with Gasteiger partial charge >= 0.3 is 24.1 Å². The third-order valence-electron chi connectivity index (χ3n) is 12.8. The second-order valence-corrected chi connectivity index (χ2v) is 23.7. The molecule has 0 radical (unpaired) electrons. The van der Waals surface area contributed by atoms with Crippen LogP contribution in [-0.4, -0.2) is 152 Å². The number of alkyl carbamates (subject to hydrolysis) is 2. The summed E-state index contributed by atoms with van der Waals surface area (Å²) in [4.78, 5) is 157. The molecule has 11 N–H and O–H groups in total. The SMILES string of the molecule is CC(C)C[C@H](NC(=O)[C@H](CCC(=O)OCCC(=O)NCC[C@@H](NC(=O)OC(C)(C)C)C(=O)N[C@@H](C)C(=O)NCC(=O)NCC(N)=O)NC(=O)[C@@H](NC(=O)[C@@H](NC(=O)OCC1c2ccccc2-c2ccccc21)C(C)C)C(C)C)C(=O)OC(C)(C)C. The Bertz CT molecular complexity index is 2660. The lowest BCUT2D eigenvalue weighted by Crippen LogP contribution is -2.60. The van der Waals surface area contributed by atoms with Crippen molar-refractivity contribution in [3.63, 3.8) is 0 Å². The van der Waals surface area contributed by atoms with Crippen molar-refractivity contribution in [3.05, 3.63) is 59.7 Å². The molecule has 10 amide bonds. The molecule has 6 atom stereocenters. The van der Waals surface area contributed by atoms with Crippen molar-refractivity contribution >= 4 is 71.4 Å². The van der Waals surface area contributed by atoms with Crippen molar-refractivity contribution in [2.45, 2.75) is 175 Å². The van der Waals surface area contributed by atoms with Crippen LogP contribution in [0.15, 0.2) is 48.5 Å². The average Bonchev–Trinajstić information content (AvgIpc) is 3.88. The van der Waals surface area contributed by atoms with E-state index >= 15 is 0 Å². The lowest BCUT2D eigenvalue weighted by atomic mass is 9.98. The predicted molar refractivity (Wildman–Crippen MR) is 311 cm³/mol. The quantitative estimate of drug-likeness (QED) is 0.0383. The monoisotopic (exact) mass is 1190 g/mol. The summed E-state index contributed by atoms with van der Waals surface area (Å²) in [5.41, 5.74) is 7.21. The van der Waals surface area contributed by atoms with Crippen molar-refractivity contribution < 1.29 is 76.5 Å². The number of ether oxygens (including phenoxy) is 4. The summed E-state index contributed by atoms with van der Waals surface area (Å²) < 4.78 is 21.9. The zero-order valence-corrected chi connectivity index (χ0v) is 51.1. The zero-order valence-electron chi connectivity index (χ0n) is 51.1. The maximum Gasteiger partial charge on any atom is 0.408 e. The maximum absolute atomic E-state index is 14.2. The summed E-state index contributed by atoms with van der Waals surface area (Å²) in [5.74, 6) is -9.18. The molecule has 0 fully saturated rings. The van der Waals surface area contributed by atoms with E-state index in [0.29, 0.717) is 0 Å². The molecule has 3 rings (SSSR count). The minimum absolute atomic E-state index is 0.00843. The van der Waals surface area contributed by atoms with Gasteiger partial charge in [0, 0.05) is 18.9 Å². The normalized spacial score (nSPS) is 14.1. The van der Waals surface area contributed by atoms with Crippen LogP contribution in [0.1, 0.15) is 139 Å². The van der Waals surface area contributed by atoms with E-state index < -0.39 is 157 Å². The number of nitrogens with one attached hydrogen (secondary N) is 9. The molecule has 26 nitrogen and oxygen atoms in total. The van der Waals surface area contributed by atoms with Crippen LogP contribution in [0.2, 0.25) is 0 Å². The molecule has 470 valence electrons. The van der Waals surface area contributed by atoms with E-state index in [1.807, 2.05) is 62.4 Å². The summed E-state index contributed by atoms with van der Waals surface area (Å²) in [7, 11) is 0. The minimum atomic E-state index is -1.49. The molecule has 0 saturated carbocycles. The first-order chi connectivity index (χ1) is 39.7. The standard InChI is InChI=1S/C59H88N10O16/c1-32(2)28-43(55(79)84-58(8,9)10)66-52(76)41(65-53(77)48(33(3)4)68-54(78)49(34(5)6)69-56(80)83-31-40-38-20-16-14-18-36(38)37-19-15-17-21-39(37)40)22-23-47(73)82-27-25-45(71)61-26-24-42(67-57(81)85-59(11,12)13)51(75)64-35(7)50(74)63-30-46(72)62-29-44(60)70/h14-21,32-35,40-43,48-49H,22-31H2,1-13H3,(H2,60,70)(H,61,71)(H,62,72)(H,63,74)(H,64,75)(H,65,77)(H,66,76)(H,67,81)(H,68,78)(H,69,80)/t35-,41-,42+,43-,48-,49-/m0/s1. The number of rotatable bonds is 31. The van der Waals surface area contributed by atoms with Gasteiger partial charge in [-0.1, -0.05) is 90.1 Å². The van der Waals surface area contributed by atoms with E-state index in [0.717, 1.165) is 22.3 Å². The van der Waals surface area contributed by atoms with Crippen LogP contribution in [0, 0.1) is 17.8 Å². The van der Waals surface area contributed by atoms with Gasteiger partial charge in [0.05, 0.1) is 19.5 Å². The van der Waals surface area contributed by atoms with E-state index in [4.69, 9.17) is 24.7 Å². The number of hydrogen-bond donors (Lipinski definition) is 10. The van der Waals surface area contributed by atoms with Crippen molar-refractivity contribution in [1.29, 1.82) is 0 Å². The highest BCUT2D eigenvalue weighted by Crippen LogP contribution is 2.44. The van der Waals surface area contributed by atoms with Gasteiger partial charge < -0.3 is 72.5 Å². The molecule has 0 bridgehead atoms. The molecule has 0 aliphatic heterocycles. The highest BCUT2D eigenvalue weighted by atomic mass is 16.6. The first-order valence-corrected chi connectivity index (χ1v) is 28.5.